The minimum absolute atomic E-state index is 0.0897. The van der Waals surface area contributed by atoms with E-state index in [0.717, 1.165) is 6.07 Å². The lowest BCUT2D eigenvalue weighted by Crippen LogP contribution is -2.06. The van der Waals surface area contributed by atoms with Crippen LogP contribution in [0.4, 0.5) is 21.5 Å². The van der Waals surface area contributed by atoms with E-state index in [-0.39, 0.29) is 16.4 Å². The normalized spacial score (nSPS) is 10.2. The second-order valence-electron chi connectivity index (χ2n) is 3.99. The maximum atomic E-state index is 13.8. The molecule has 2 N–H and O–H groups in total. The number of nitrogens with zero attached hydrogens (tertiary/aromatic N) is 1. The van der Waals surface area contributed by atoms with Gasteiger partial charge in [-0.2, -0.15) is 0 Å². The van der Waals surface area contributed by atoms with Crippen molar-refractivity contribution in [3.63, 3.8) is 0 Å². The average Bonchev–Trinajstić information content (AvgIpc) is 2.43. The molecule has 8 heteroatoms. The maximum Gasteiger partial charge on any atom is 0.342 e. The molecular weight excluding hydrogens is 303 g/mol. The van der Waals surface area contributed by atoms with Crippen LogP contribution in [0, 0.1) is 15.9 Å². The first-order valence-electron chi connectivity index (χ1n) is 5.63. The van der Waals surface area contributed by atoms with Gasteiger partial charge >= 0.3 is 11.7 Å². The Morgan fingerprint density at radius 3 is 2.48 bits per heavy atom. The van der Waals surface area contributed by atoms with E-state index in [1.807, 2.05) is 0 Å². The number of benzene rings is 2. The molecule has 0 radical (unpaired) electrons. The van der Waals surface area contributed by atoms with E-state index in [4.69, 9.17) is 16.7 Å². The first kappa shape index (κ1) is 14.7. The van der Waals surface area contributed by atoms with Crippen molar-refractivity contribution in [2.24, 2.45) is 0 Å². The Morgan fingerprint density at radius 2 is 1.86 bits per heavy atom. The van der Waals surface area contributed by atoms with Gasteiger partial charge in [0.25, 0.3) is 0 Å². The van der Waals surface area contributed by atoms with Crippen LogP contribution in [0.15, 0.2) is 36.4 Å². The topological polar surface area (TPSA) is 92.5 Å². The Labute approximate surface area is 122 Å². The van der Waals surface area contributed by atoms with E-state index >= 15 is 0 Å². The van der Waals surface area contributed by atoms with Crippen molar-refractivity contribution in [3.8, 4) is 0 Å². The zero-order valence-corrected chi connectivity index (χ0v) is 11.1. The van der Waals surface area contributed by atoms with E-state index in [2.05, 4.69) is 5.32 Å². The number of hydrogen-bond donors (Lipinski definition) is 2. The van der Waals surface area contributed by atoms with Gasteiger partial charge in [0.15, 0.2) is 5.82 Å². The van der Waals surface area contributed by atoms with Crippen molar-refractivity contribution in [1.29, 1.82) is 0 Å². The summed E-state index contributed by atoms with van der Waals surface area (Å²) in [6, 6.07) is 7.81. The number of nitro groups is 1. The molecule has 0 saturated heterocycles. The predicted octanol–water partition coefficient (Wildman–Crippen LogP) is 3.83. The van der Waals surface area contributed by atoms with Gasteiger partial charge in [0.2, 0.25) is 0 Å². The molecule has 0 fully saturated rings. The number of nitrogens with one attached hydrogen (secondary N) is 1. The van der Waals surface area contributed by atoms with Crippen LogP contribution in [0.25, 0.3) is 0 Å². The van der Waals surface area contributed by atoms with Crippen molar-refractivity contribution < 1.29 is 19.2 Å². The molecule has 0 bridgehead atoms. The monoisotopic (exact) mass is 310 g/mol. The van der Waals surface area contributed by atoms with Crippen molar-refractivity contribution in [1.82, 2.24) is 0 Å². The number of carboxylic acids is 1. The number of carboxylic acid groups (broad SMARTS) is 1. The molecule has 0 aliphatic rings. The summed E-state index contributed by atoms with van der Waals surface area (Å²) in [5.41, 5.74) is -1.37. The number of para-hydroxylation sites is 1. The van der Waals surface area contributed by atoms with Crippen LogP contribution in [0.5, 0.6) is 0 Å². The van der Waals surface area contributed by atoms with Crippen LogP contribution in [0.3, 0.4) is 0 Å². The number of hydrogen-bond acceptors (Lipinski definition) is 4. The highest BCUT2D eigenvalue weighted by Gasteiger charge is 2.24. The number of aromatic carboxylic acids is 1. The molecule has 6 nitrogen and oxygen atoms in total. The quantitative estimate of drug-likeness (QED) is 0.661. The van der Waals surface area contributed by atoms with Crippen LogP contribution in [-0.2, 0) is 0 Å². The van der Waals surface area contributed by atoms with E-state index in [0.29, 0.717) is 0 Å². The van der Waals surface area contributed by atoms with E-state index in [9.17, 15) is 19.3 Å². The van der Waals surface area contributed by atoms with E-state index in [1.165, 1.54) is 30.3 Å². The molecule has 0 spiro atoms. The molecule has 0 heterocycles. The second kappa shape index (κ2) is 5.76. The first-order valence-corrected chi connectivity index (χ1v) is 6.01. The van der Waals surface area contributed by atoms with Crippen LogP contribution < -0.4 is 5.32 Å². The van der Waals surface area contributed by atoms with Gasteiger partial charge in [-0.1, -0.05) is 23.7 Å². The first-order chi connectivity index (χ1) is 9.91. The highest BCUT2D eigenvalue weighted by atomic mass is 35.5. The number of anilines is 2. The second-order valence-corrected chi connectivity index (χ2v) is 4.40. The molecule has 0 aliphatic carbocycles. The summed E-state index contributed by atoms with van der Waals surface area (Å²) >= 11 is 5.62. The Kier molecular flexibility index (Phi) is 4.04. The molecule has 0 saturated carbocycles. The summed E-state index contributed by atoms with van der Waals surface area (Å²) < 4.78 is 13.8. The summed E-state index contributed by atoms with van der Waals surface area (Å²) in [7, 11) is 0. The molecule has 2 aromatic carbocycles. The SMILES string of the molecule is O=C(O)c1cccc(Nc2cccc(Cl)c2F)c1[N+](=O)[O-]. The minimum Gasteiger partial charge on any atom is -0.477 e. The molecule has 108 valence electrons. The summed E-state index contributed by atoms with van der Waals surface area (Å²) in [5, 5.41) is 22.4. The van der Waals surface area contributed by atoms with Crippen LogP contribution in [0.1, 0.15) is 10.4 Å². The highest BCUT2D eigenvalue weighted by Crippen LogP contribution is 2.33. The van der Waals surface area contributed by atoms with Crippen LogP contribution in [0.2, 0.25) is 5.02 Å². The Bertz CT molecular complexity index is 736. The molecule has 0 aliphatic heterocycles. The number of rotatable bonds is 4. The molecule has 0 atom stereocenters. The number of halogens is 2. The Morgan fingerprint density at radius 1 is 1.24 bits per heavy atom. The molecule has 0 amide bonds. The lowest BCUT2D eigenvalue weighted by molar-refractivity contribution is -0.384. The fraction of sp³-hybridized carbons (Fsp3) is 0. The molecule has 0 unspecified atom stereocenters. The largest absolute Gasteiger partial charge is 0.477 e. The molecule has 2 aromatic rings. The fourth-order valence-corrected chi connectivity index (χ4v) is 1.93. The van der Waals surface area contributed by atoms with Gasteiger partial charge in [0, 0.05) is 0 Å². The fourth-order valence-electron chi connectivity index (χ4n) is 1.76. The molecule has 2 rings (SSSR count). The minimum atomic E-state index is -1.45. The summed E-state index contributed by atoms with van der Waals surface area (Å²) in [4.78, 5) is 21.3. The molecular formula is C13H8ClFN2O4. The van der Waals surface area contributed by atoms with E-state index < -0.39 is 28.0 Å². The molecule has 21 heavy (non-hydrogen) atoms. The maximum absolute atomic E-state index is 13.8. The Hall–Kier alpha value is -2.67. The van der Waals surface area contributed by atoms with E-state index in [1.54, 1.807) is 0 Å². The van der Waals surface area contributed by atoms with Gasteiger partial charge in [-0.25, -0.2) is 9.18 Å². The van der Waals surface area contributed by atoms with Gasteiger partial charge < -0.3 is 10.4 Å². The van der Waals surface area contributed by atoms with Crippen molar-refractivity contribution >= 4 is 34.6 Å². The summed E-state index contributed by atoms with van der Waals surface area (Å²) in [5.74, 6) is -2.23. The van der Waals surface area contributed by atoms with Crippen molar-refractivity contribution in [2.45, 2.75) is 0 Å². The standard InChI is InChI=1S/C13H8ClFN2O4/c14-8-4-2-5-9(11(8)15)16-10-6-1-3-7(13(18)19)12(10)17(20)21/h1-6,16H,(H,18,19). The van der Waals surface area contributed by atoms with Crippen molar-refractivity contribution in [3.05, 3.63) is 62.9 Å². The third-order valence-corrected chi connectivity index (χ3v) is 2.96. The van der Waals surface area contributed by atoms with Gasteiger partial charge in [0.1, 0.15) is 11.3 Å². The smallest absolute Gasteiger partial charge is 0.342 e. The van der Waals surface area contributed by atoms with Gasteiger partial charge in [-0.3, -0.25) is 10.1 Å². The number of carbonyl (C=O) groups is 1. The Balaban J connectivity index is 2.54. The third kappa shape index (κ3) is 2.92. The van der Waals surface area contributed by atoms with Crippen LogP contribution in [-0.4, -0.2) is 16.0 Å². The summed E-state index contributed by atoms with van der Waals surface area (Å²) in [6.07, 6.45) is 0. The van der Waals surface area contributed by atoms with Crippen LogP contribution >= 0.6 is 11.6 Å². The van der Waals surface area contributed by atoms with Crippen molar-refractivity contribution in [2.75, 3.05) is 5.32 Å². The predicted molar refractivity (Wildman–Crippen MR) is 74.7 cm³/mol. The van der Waals surface area contributed by atoms with Gasteiger partial charge in [-0.15, -0.1) is 0 Å². The lowest BCUT2D eigenvalue weighted by Gasteiger charge is -2.10. The zero-order chi connectivity index (χ0) is 15.6. The lowest BCUT2D eigenvalue weighted by atomic mass is 10.1. The zero-order valence-electron chi connectivity index (χ0n) is 10.3. The average molecular weight is 311 g/mol. The third-order valence-electron chi connectivity index (χ3n) is 2.67. The van der Waals surface area contributed by atoms with Gasteiger partial charge in [-0.05, 0) is 24.3 Å². The van der Waals surface area contributed by atoms with Gasteiger partial charge in [0.05, 0.1) is 15.6 Å². The highest BCUT2D eigenvalue weighted by molar-refractivity contribution is 6.31. The summed E-state index contributed by atoms with van der Waals surface area (Å²) in [6.45, 7) is 0. The number of nitro benzene ring substituents is 1. The molecule has 0 aromatic heterocycles.